The maximum Gasteiger partial charge on any atom is 0.260 e. The highest BCUT2D eigenvalue weighted by Crippen LogP contribution is 2.14. The molecule has 0 bridgehead atoms. The Kier molecular flexibility index (Phi) is 9.04. The lowest BCUT2D eigenvalue weighted by atomic mass is 10.1. The normalized spacial score (nSPS) is 14.1. The second-order valence-electron chi connectivity index (χ2n) is 6.67. The smallest absolute Gasteiger partial charge is 0.260 e. The van der Waals surface area contributed by atoms with Crippen molar-refractivity contribution in [2.24, 2.45) is 5.10 Å². The van der Waals surface area contributed by atoms with Crippen LogP contribution in [0.5, 0.6) is 5.75 Å². The van der Waals surface area contributed by atoms with Crippen molar-refractivity contribution in [3.05, 3.63) is 29.8 Å². The number of rotatable bonds is 9. The highest BCUT2D eigenvalue weighted by molar-refractivity contribution is 7.80. The first-order valence-electron chi connectivity index (χ1n) is 9.69. The van der Waals surface area contributed by atoms with Crippen LogP contribution in [0.25, 0.3) is 0 Å². The third-order valence-corrected chi connectivity index (χ3v) is 4.72. The topological polar surface area (TPSA) is 66.0 Å². The molecular formula is C20H30N4O2S. The zero-order valence-corrected chi connectivity index (χ0v) is 17.1. The van der Waals surface area contributed by atoms with Gasteiger partial charge in [-0.25, -0.2) is 0 Å². The summed E-state index contributed by atoms with van der Waals surface area (Å²) in [5, 5.41) is 7.99. The number of hydrogen-bond donors (Lipinski definition) is 2. The summed E-state index contributed by atoms with van der Waals surface area (Å²) in [5.41, 5.74) is 4.66. The molecule has 7 heteroatoms. The second kappa shape index (κ2) is 11.5. The fraction of sp³-hybridized carbons (Fsp3) is 0.550. The van der Waals surface area contributed by atoms with Crippen molar-refractivity contribution in [3.8, 4) is 5.75 Å². The number of carbonyl (C=O) groups excluding carboxylic acids is 1. The summed E-state index contributed by atoms with van der Waals surface area (Å²) in [7, 11) is 0. The van der Waals surface area contributed by atoms with Crippen LogP contribution < -0.4 is 15.5 Å². The molecule has 0 spiro atoms. The van der Waals surface area contributed by atoms with Crippen molar-refractivity contribution in [1.82, 2.24) is 15.6 Å². The van der Waals surface area contributed by atoms with E-state index in [2.05, 4.69) is 22.8 Å². The summed E-state index contributed by atoms with van der Waals surface area (Å²) in [4.78, 5) is 13.9. The average Bonchev–Trinajstić information content (AvgIpc) is 3.23. The number of likely N-dealkylation sites (tertiary alicyclic amines) is 1. The zero-order valence-electron chi connectivity index (χ0n) is 16.3. The van der Waals surface area contributed by atoms with Gasteiger partial charge < -0.3 is 15.0 Å². The Morgan fingerprint density at radius 1 is 1.22 bits per heavy atom. The van der Waals surface area contributed by atoms with Crippen LogP contribution in [0.3, 0.4) is 0 Å². The van der Waals surface area contributed by atoms with Crippen molar-refractivity contribution in [1.29, 1.82) is 0 Å². The number of thiocarbonyl (C=S) groups is 1. The van der Waals surface area contributed by atoms with Gasteiger partial charge in [0.15, 0.2) is 11.7 Å². The molecule has 1 saturated heterocycles. The molecule has 0 aliphatic carbocycles. The molecule has 148 valence electrons. The molecule has 1 aliphatic heterocycles. The molecule has 27 heavy (non-hydrogen) atoms. The minimum Gasteiger partial charge on any atom is -0.484 e. The Balaban J connectivity index is 1.75. The van der Waals surface area contributed by atoms with Crippen LogP contribution in [0.2, 0.25) is 0 Å². The molecule has 0 atom stereocenters. The van der Waals surface area contributed by atoms with Crippen LogP contribution in [-0.4, -0.2) is 47.9 Å². The van der Waals surface area contributed by atoms with Gasteiger partial charge in [0.25, 0.3) is 5.91 Å². The number of unbranched alkanes of at least 4 members (excludes halogenated alkanes) is 2. The number of nitrogens with one attached hydrogen (secondary N) is 2. The minimum absolute atomic E-state index is 0.0541. The number of nitrogens with zero attached hydrogens (tertiary/aromatic N) is 2. The zero-order chi connectivity index (χ0) is 19.5. The first kappa shape index (κ1) is 21.2. The van der Waals surface area contributed by atoms with Crippen LogP contribution in [0.4, 0.5) is 0 Å². The molecule has 6 nitrogen and oxygen atoms in total. The van der Waals surface area contributed by atoms with Gasteiger partial charge in [0.05, 0.1) is 5.71 Å². The number of amides is 1. The molecule has 2 rings (SSSR count). The average molecular weight is 391 g/mol. The van der Waals surface area contributed by atoms with Crippen molar-refractivity contribution < 1.29 is 9.53 Å². The summed E-state index contributed by atoms with van der Waals surface area (Å²) >= 11 is 5.21. The highest BCUT2D eigenvalue weighted by atomic mass is 32.1. The predicted octanol–water partition coefficient (Wildman–Crippen LogP) is 3.07. The Morgan fingerprint density at radius 3 is 2.59 bits per heavy atom. The molecule has 1 fully saturated rings. The van der Waals surface area contributed by atoms with Gasteiger partial charge in [0, 0.05) is 19.6 Å². The van der Waals surface area contributed by atoms with E-state index in [1.807, 2.05) is 36.1 Å². The molecule has 1 aromatic carbocycles. The Labute approximate surface area is 167 Å². The van der Waals surface area contributed by atoms with E-state index in [0.29, 0.717) is 10.9 Å². The summed E-state index contributed by atoms with van der Waals surface area (Å²) in [6.07, 6.45) is 5.65. The quantitative estimate of drug-likeness (QED) is 0.294. The van der Waals surface area contributed by atoms with E-state index in [9.17, 15) is 4.79 Å². The number of carbonyl (C=O) groups is 1. The molecule has 2 N–H and O–H groups in total. The first-order chi connectivity index (χ1) is 13.1. The molecule has 0 unspecified atom stereocenters. The van der Waals surface area contributed by atoms with Gasteiger partial charge in [0.2, 0.25) is 0 Å². The van der Waals surface area contributed by atoms with Crippen LogP contribution >= 0.6 is 12.2 Å². The van der Waals surface area contributed by atoms with Crippen LogP contribution in [-0.2, 0) is 4.79 Å². The summed E-state index contributed by atoms with van der Waals surface area (Å²) in [5.74, 6) is 0.735. The minimum atomic E-state index is 0.0541. The van der Waals surface area contributed by atoms with Crippen LogP contribution in [0.15, 0.2) is 29.4 Å². The SMILES string of the molecule is CCCCCNC(=S)N/N=C(/C)c1ccc(OCC(=O)N2CCCC2)cc1. The maximum atomic E-state index is 12.0. The molecule has 1 aromatic rings. The number of benzene rings is 1. The Hall–Kier alpha value is -2.15. The lowest BCUT2D eigenvalue weighted by Crippen LogP contribution is -2.33. The van der Waals surface area contributed by atoms with Gasteiger partial charge in [-0.2, -0.15) is 5.10 Å². The van der Waals surface area contributed by atoms with Crippen LogP contribution in [0, 0.1) is 0 Å². The van der Waals surface area contributed by atoms with E-state index in [-0.39, 0.29) is 12.5 Å². The van der Waals surface area contributed by atoms with E-state index in [4.69, 9.17) is 17.0 Å². The fourth-order valence-electron chi connectivity index (χ4n) is 2.81. The van der Waals surface area contributed by atoms with Gasteiger partial charge in [-0.1, -0.05) is 19.8 Å². The largest absolute Gasteiger partial charge is 0.484 e. The molecular weight excluding hydrogens is 360 g/mol. The van der Waals surface area contributed by atoms with E-state index in [1.165, 1.54) is 12.8 Å². The number of hydrazone groups is 1. The van der Waals surface area contributed by atoms with Crippen LogP contribution in [0.1, 0.15) is 51.5 Å². The molecule has 1 heterocycles. The summed E-state index contributed by atoms with van der Waals surface area (Å²) in [6, 6.07) is 7.56. The van der Waals surface area contributed by atoms with Gasteiger partial charge in [-0.15, -0.1) is 0 Å². The number of ether oxygens (including phenoxy) is 1. The molecule has 1 amide bonds. The van der Waals surface area contributed by atoms with Crippen molar-refractivity contribution in [2.75, 3.05) is 26.2 Å². The monoisotopic (exact) mass is 390 g/mol. The summed E-state index contributed by atoms with van der Waals surface area (Å²) < 4.78 is 5.60. The molecule has 0 saturated carbocycles. The van der Waals surface area contributed by atoms with Crippen molar-refractivity contribution in [2.45, 2.75) is 46.0 Å². The molecule has 0 aromatic heterocycles. The highest BCUT2D eigenvalue weighted by Gasteiger charge is 2.18. The van der Waals surface area contributed by atoms with E-state index in [0.717, 1.165) is 50.2 Å². The van der Waals surface area contributed by atoms with Gasteiger partial charge in [-0.05, 0) is 68.2 Å². The number of hydrogen-bond acceptors (Lipinski definition) is 4. The predicted molar refractivity (Wildman–Crippen MR) is 113 cm³/mol. The first-order valence-corrected chi connectivity index (χ1v) is 10.1. The standard InChI is InChI=1S/C20H30N4O2S/c1-3-4-5-12-21-20(27)23-22-16(2)17-8-10-18(11-9-17)26-15-19(25)24-13-6-7-14-24/h8-11H,3-7,12-15H2,1-2H3,(H2,21,23,27)/b22-16-. The molecule has 1 aliphatic rings. The maximum absolute atomic E-state index is 12.0. The van der Waals surface area contributed by atoms with Gasteiger partial charge in [-0.3, -0.25) is 10.2 Å². The Morgan fingerprint density at radius 2 is 1.93 bits per heavy atom. The van der Waals surface area contributed by atoms with Crippen molar-refractivity contribution >= 4 is 28.9 Å². The third kappa shape index (κ3) is 7.54. The lowest BCUT2D eigenvalue weighted by molar-refractivity contribution is -0.132. The van der Waals surface area contributed by atoms with Crippen molar-refractivity contribution in [3.63, 3.8) is 0 Å². The third-order valence-electron chi connectivity index (χ3n) is 4.48. The van der Waals surface area contributed by atoms with Gasteiger partial charge in [0.1, 0.15) is 5.75 Å². The van der Waals surface area contributed by atoms with E-state index >= 15 is 0 Å². The summed E-state index contributed by atoms with van der Waals surface area (Å²) in [6.45, 7) is 6.73. The Bertz CT molecular complexity index is 640. The fourth-order valence-corrected chi connectivity index (χ4v) is 2.96. The second-order valence-corrected chi connectivity index (χ2v) is 7.08. The van der Waals surface area contributed by atoms with E-state index in [1.54, 1.807) is 0 Å². The lowest BCUT2D eigenvalue weighted by Gasteiger charge is -2.15. The van der Waals surface area contributed by atoms with Gasteiger partial charge >= 0.3 is 0 Å². The molecule has 0 radical (unpaired) electrons. The van der Waals surface area contributed by atoms with E-state index < -0.39 is 0 Å².